The van der Waals surface area contributed by atoms with Crippen LogP contribution in [0.4, 0.5) is 0 Å². The second kappa shape index (κ2) is 5.44. The number of carbonyl (C=O) groups excluding carboxylic acids is 1. The van der Waals surface area contributed by atoms with Crippen molar-refractivity contribution in [3.8, 4) is 17.2 Å². The van der Waals surface area contributed by atoms with Crippen molar-refractivity contribution in [1.29, 1.82) is 0 Å². The van der Waals surface area contributed by atoms with Crippen LogP contribution in [0.15, 0.2) is 51.7 Å². The number of benzene rings is 2. The van der Waals surface area contributed by atoms with Gasteiger partial charge in [-0.25, -0.2) is 4.98 Å². The molecule has 1 heterocycles. The van der Waals surface area contributed by atoms with Gasteiger partial charge in [-0.05, 0) is 30.7 Å². The Balaban J connectivity index is 2.12. The minimum absolute atomic E-state index is 0.156. The summed E-state index contributed by atoms with van der Waals surface area (Å²) in [6.45, 7) is 3.36. The minimum Gasteiger partial charge on any atom is -0.339 e. The average molecular weight is 297 g/mol. The van der Waals surface area contributed by atoms with E-state index in [1.54, 1.807) is 36.4 Å². The second-order valence-electron chi connectivity index (χ2n) is 5.03. The van der Waals surface area contributed by atoms with Crippen molar-refractivity contribution in [2.24, 2.45) is 0 Å². The van der Waals surface area contributed by atoms with Crippen LogP contribution >= 0.6 is 0 Å². The van der Waals surface area contributed by atoms with Gasteiger partial charge in [0.15, 0.2) is 0 Å². The summed E-state index contributed by atoms with van der Waals surface area (Å²) in [4.78, 5) is 24.1. The van der Waals surface area contributed by atoms with Crippen molar-refractivity contribution in [2.45, 2.75) is 13.8 Å². The molecule has 0 unspecified atom stereocenters. The summed E-state index contributed by atoms with van der Waals surface area (Å²) in [5.41, 5.74) is 1.94. The van der Waals surface area contributed by atoms with E-state index in [2.05, 4.69) is 4.98 Å². The number of hydrogen-bond acceptors (Lipinski definition) is 2. The van der Waals surface area contributed by atoms with Crippen molar-refractivity contribution in [3.05, 3.63) is 58.4 Å². The number of aromatic amines is 1. The highest BCUT2D eigenvalue weighted by Gasteiger charge is 2.20. The molecule has 0 saturated heterocycles. The number of nitrogens with one attached hydrogen (secondary N) is 1. The van der Waals surface area contributed by atoms with Crippen molar-refractivity contribution in [3.63, 3.8) is 0 Å². The van der Waals surface area contributed by atoms with Gasteiger partial charge < -0.3 is 4.79 Å². The maximum absolute atomic E-state index is 12.2. The van der Waals surface area contributed by atoms with Gasteiger partial charge in [-0.3, -0.25) is 9.53 Å². The summed E-state index contributed by atoms with van der Waals surface area (Å²) in [6.07, 6.45) is 0. The quantitative estimate of drug-likeness (QED) is 0.448. The fourth-order valence-electron chi connectivity index (χ4n) is 2.22. The molecule has 2 aromatic carbocycles. The second-order valence-corrected chi connectivity index (χ2v) is 5.03. The molecule has 0 bridgehead atoms. The molecule has 22 heavy (non-hydrogen) atoms. The van der Waals surface area contributed by atoms with Gasteiger partial charge >= 0.3 is 17.4 Å². The zero-order chi connectivity index (χ0) is 15.7. The first-order valence-electron chi connectivity index (χ1n) is 6.80. The lowest BCUT2D eigenvalue weighted by atomic mass is 10.1. The van der Waals surface area contributed by atoms with Crippen molar-refractivity contribution >= 4 is 16.9 Å². The molecule has 0 fully saturated rings. The van der Waals surface area contributed by atoms with E-state index in [0.29, 0.717) is 28.2 Å². The normalized spacial score (nSPS) is 10.6. The van der Waals surface area contributed by atoms with Gasteiger partial charge in [0, 0.05) is 18.2 Å². The van der Waals surface area contributed by atoms with E-state index >= 15 is 0 Å². The summed E-state index contributed by atoms with van der Waals surface area (Å²) >= 11 is 0. The number of ether oxygens (including phenoxy) is 1. The number of H-pyrrole nitrogens is 1. The molecule has 3 aromatic rings. The summed E-state index contributed by atoms with van der Waals surface area (Å²) in [5, 5.41) is 0.510. The first kappa shape index (κ1) is 14.0. The molecule has 0 saturated carbocycles. The maximum atomic E-state index is 12.2. The van der Waals surface area contributed by atoms with Crippen LogP contribution in [0.5, 0.6) is 5.75 Å². The lowest BCUT2D eigenvalue weighted by Crippen LogP contribution is -2.07. The number of esters is 1. The highest BCUT2D eigenvalue weighted by atomic mass is 16.5. The Morgan fingerprint density at radius 3 is 2.82 bits per heavy atom. The summed E-state index contributed by atoms with van der Waals surface area (Å²) in [5.74, 6) is 0.636. The zero-order valence-corrected chi connectivity index (χ0v) is 12.2. The van der Waals surface area contributed by atoms with Gasteiger partial charge in [0.25, 0.3) is 5.56 Å². The van der Waals surface area contributed by atoms with E-state index in [1.807, 2.05) is 13.0 Å². The molecule has 1 aromatic heterocycles. The molecule has 0 radical (unpaired) electrons. The van der Waals surface area contributed by atoms with E-state index in [0.717, 1.165) is 5.56 Å². The van der Waals surface area contributed by atoms with Gasteiger partial charge in [-0.2, -0.15) is 4.42 Å². The van der Waals surface area contributed by atoms with E-state index in [9.17, 15) is 9.59 Å². The van der Waals surface area contributed by atoms with Crippen LogP contribution in [0, 0.1) is 6.92 Å². The van der Waals surface area contributed by atoms with Crippen molar-refractivity contribution in [1.82, 2.24) is 4.98 Å². The molecule has 5 nitrogen and oxygen atoms in total. The number of fused-ring (bicyclic) bond motifs is 1. The lowest BCUT2D eigenvalue weighted by molar-refractivity contribution is 0.462. The van der Waals surface area contributed by atoms with Crippen molar-refractivity contribution < 1.29 is 13.9 Å². The van der Waals surface area contributed by atoms with Gasteiger partial charge in [-0.15, -0.1) is 0 Å². The van der Waals surface area contributed by atoms with Gasteiger partial charge in [0.05, 0.1) is 6.92 Å². The first-order chi connectivity index (χ1) is 10.5. The molecule has 3 rings (SSSR count). The summed E-state index contributed by atoms with van der Waals surface area (Å²) in [6, 6.07) is 12.4. The predicted octanol–water partition coefficient (Wildman–Crippen LogP) is 3.28. The molecule has 0 spiro atoms. The third-order valence-corrected chi connectivity index (χ3v) is 3.18. The highest BCUT2D eigenvalue weighted by Crippen LogP contribution is 2.24. The Labute approximate surface area is 126 Å². The van der Waals surface area contributed by atoms with Crippen LogP contribution in [0.3, 0.4) is 0 Å². The van der Waals surface area contributed by atoms with Crippen molar-refractivity contribution in [2.75, 3.05) is 0 Å². The van der Waals surface area contributed by atoms with E-state index < -0.39 is 0 Å². The molecule has 0 atom stereocenters. The van der Waals surface area contributed by atoms with Gasteiger partial charge in [0.1, 0.15) is 10.9 Å². The Morgan fingerprint density at radius 1 is 1.23 bits per heavy atom. The molecule has 0 amide bonds. The molecule has 0 aliphatic heterocycles. The summed E-state index contributed by atoms with van der Waals surface area (Å²) < 4.78 is 10.9. The zero-order valence-electron chi connectivity index (χ0n) is 12.2. The summed E-state index contributed by atoms with van der Waals surface area (Å²) in [7, 11) is 0. The number of aromatic nitrogens is 1. The van der Waals surface area contributed by atoms with Crippen LogP contribution in [0.25, 0.3) is 22.4 Å². The third kappa shape index (κ3) is 2.74. The largest absolute Gasteiger partial charge is 0.485 e. The number of aryl methyl sites for hydroxylation is 1. The standard InChI is InChI=1S/C17H13NO4/c1-10-6-7-15-14(8-10)16(20)18-17(22-15)12-4-3-5-13(9-12)21-11(2)19/h3-9H,1-2H3/p+2. The molecular formula is C17H15NO4+2. The van der Waals surface area contributed by atoms with Crippen LogP contribution in [-0.2, 0) is 0 Å². The fraction of sp³-hybridized carbons (Fsp3) is 0.118. The average Bonchev–Trinajstić information content (AvgIpc) is 2.47. The van der Waals surface area contributed by atoms with Crippen LogP contribution in [0.1, 0.15) is 12.5 Å². The molecular weight excluding hydrogens is 282 g/mol. The highest BCUT2D eigenvalue weighted by molar-refractivity contribution is 5.77. The van der Waals surface area contributed by atoms with E-state index in [-0.39, 0.29) is 11.5 Å². The topological polar surface area (TPSA) is 74.8 Å². The van der Waals surface area contributed by atoms with E-state index in [1.165, 1.54) is 6.92 Å². The maximum Gasteiger partial charge on any atom is 0.485 e. The van der Waals surface area contributed by atoms with Gasteiger partial charge in [0.2, 0.25) is 5.75 Å². The third-order valence-electron chi connectivity index (χ3n) is 3.18. The smallest absolute Gasteiger partial charge is 0.339 e. The molecule has 110 valence electrons. The lowest BCUT2D eigenvalue weighted by Gasteiger charge is -1.96. The minimum atomic E-state index is -0.212. The Hall–Kier alpha value is -2.95. The first-order valence-corrected chi connectivity index (χ1v) is 6.80. The van der Waals surface area contributed by atoms with Crippen LogP contribution in [0.2, 0.25) is 0 Å². The molecule has 0 aliphatic rings. The Morgan fingerprint density at radius 2 is 2.05 bits per heavy atom. The van der Waals surface area contributed by atoms with E-state index in [4.69, 9.17) is 9.15 Å². The fourth-order valence-corrected chi connectivity index (χ4v) is 2.22. The van der Waals surface area contributed by atoms with Crippen LogP contribution < -0.4 is 10.3 Å². The Kier molecular flexibility index (Phi) is 3.47. The molecule has 0 aliphatic carbocycles. The van der Waals surface area contributed by atoms with Gasteiger partial charge in [-0.1, -0.05) is 6.07 Å². The number of rotatable bonds is 2. The SMILES string of the molecule is CC(=[OH+])Oc1cccc(-c2[nH]c(=O)c3cc(C)ccc3[o+]2)c1. The van der Waals surface area contributed by atoms with Crippen LogP contribution in [-0.4, -0.2) is 15.7 Å². The predicted molar refractivity (Wildman–Crippen MR) is 84.7 cm³/mol. The number of hydrogen-bond donors (Lipinski definition) is 1. The molecule has 2 N–H and O–H groups in total. The monoisotopic (exact) mass is 297 g/mol. The molecule has 5 heteroatoms. The Bertz CT molecular complexity index is 927.